The van der Waals surface area contributed by atoms with Crippen LogP contribution >= 0.6 is 0 Å². The molecule has 0 radical (unpaired) electrons. The molecule has 0 saturated carbocycles. The Balaban J connectivity index is 1.93. The van der Waals surface area contributed by atoms with Crippen molar-refractivity contribution in [3.05, 3.63) is 54.0 Å². The van der Waals surface area contributed by atoms with Gasteiger partial charge in [0.05, 0.1) is 13.7 Å². The fraction of sp³-hybridized carbons (Fsp3) is 0.294. The summed E-state index contributed by atoms with van der Waals surface area (Å²) in [6, 6.07) is 12.0. The second kappa shape index (κ2) is 6.58. The van der Waals surface area contributed by atoms with Gasteiger partial charge in [-0.2, -0.15) is 0 Å². The zero-order valence-corrected chi connectivity index (χ0v) is 12.8. The minimum absolute atomic E-state index is 0.637. The number of aromatic nitrogens is 3. The molecule has 0 bridgehead atoms. The van der Waals surface area contributed by atoms with E-state index in [-0.39, 0.29) is 0 Å². The van der Waals surface area contributed by atoms with Gasteiger partial charge in [-0.15, -0.1) is 0 Å². The van der Waals surface area contributed by atoms with Crippen LogP contribution in [0.3, 0.4) is 0 Å². The SMILES string of the molecule is COCCn1c(Cc2ccc(OC)cc2)nc2cccnc21. The van der Waals surface area contributed by atoms with Crippen molar-refractivity contribution in [2.45, 2.75) is 13.0 Å². The molecular formula is C17H19N3O2. The van der Waals surface area contributed by atoms with Crippen LogP contribution in [0.1, 0.15) is 11.4 Å². The van der Waals surface area contributed by atoms with Gasteiger partial charge in [-0.1, -0.05) is 12.1 Å². The Morgan fingerprint density at radius 3 is 2.64 bits per heavy atom. The average Bonchev–Trinajstić information content (AvgIpc) is 2.91. The number of hydrogen-bond donors (Lipinski definition) is 0. The van der Waals surface area contributed by atoms with E-state index < -0.39 is 0 Å². The van der Waals surface area contributed by atoms with Gasteiger partial charge in [0.2, 0.25) is 0 Å². The molecule has 2 heterocycles. The van der Waals surface area contributed by atoms with Gasteiger partial charge in [-0.05, 0) is 29.8 Å². The molecule has 5 nitrogen and oxygen atoms in total. The third kappa shape index (κ3) is 2.94. The van der Waals surface area contributed by atoms with Crippen LogP contribution < -0.4 is 4.74 Å². The molecule has 0 unspecified atom stereocenters. The summed E-state index contributed by atoms with van der Waals surface area (Å²) in [5, 5.41) is 0. The molecule has 3 rings (SSSR count). The predicted molar refractivity (Wildman–Crippen MR) is 85.2 cm³/mol. The summed E-state index contributed by atoms with van der Waals surface area (Å²) in [6.45, 7) is 1.38. The number of benzene rings is 1. The molecule has 1 aromatic carbocycles. The highest BCUT2D eigenvalue weighted by Gasteiger charge is 2.12. The maximum absolute atomic E-state index is 5.21. The van der Waals surface area contributed by atoms with Crippen LogP contribution in [0.25, 0.3) is 11.2 Å². The Morgan fingerprint density at radius 1 is 1.09 bits per heavy atom. The number of methoxy groups -OCH3 is 2. The van der Waals surface area contributed by atoms with E-state index in [0.29, 0.717) is 6.61 Å². The lowest BCUT2D eigenvalue weighted by Crippen LogP contribution is -2.09. The van der Waals surface area contributed by atoms with Crippen molar-refractivity contribution in [2.24, 2.45) is 0 Å². The van der Waals surface area contributed by atoms with Gasteiger partial charge in [0.25, 0.3) is 0 Å². The van der Waals surface area contributed by atoms with Crippen molar-refractivity contribution < 1.29 is 9.47 Å². The summed E-state index contributed by atoms with van der Waals surface area (Å²) in [4.78, 5) is 9.17. The molecule has 2 aromatic heterocycles. The second-order valence-corrected chi connectivity index (χ2v) is 5.04. The third-order valence-electron chi connectivity index (χ3n) is 3.62. The molecule has 0 saturated heterocycles. The molecule has 5 heteroatoms. The largest absolute Gasteiger partial charge is 0.497 e. The minimum Gasteiger partial charge on any atom is -0.497 e. The van der Waals surface area contributed by atoms with Gasteiger partial charge in [-0.25, -0.2) is 9.97 Å². The van der Waals surface area contributed by atoms with Crippen LogP contribution in [0.2, 0.25) is 0 Å². The number of imidazole rings is 1. The van der Waals surface area contributed by atoms with Gasteiger partial charge in [0.15, 0.2) is 5.65 Å². The molecule has 0 N–H and O–H groups in total. The van der Waals surface area contributed by atoms with Gasteiger partial charge in [0.1, 0.15) is 17.1 Å². The van der Waals surface area contributed by atoms with E-state index >= 15 is 0 Å². The Labute approximate surface area is 129 Å². The first kappa shape index (κ1) is 14.5. The standard InChI is InChI=1S/C17H19N3O2/c1-21-11-10-20-16(19-15-4-3-9-18-17(15)20)12-13-5-7-14(22-2)8-6-13/h3-9H,10-12H2,1-2H3. The first-order valence-corrected chi connectivity index (χ1v) is 7.24. The monoisotopic (exact) mass is 297 g/mol. The summed E-state index contributed by atoms with van der Waals surface area (Å²) >= 11 is 0. The topological polar surface area (TPSA) is 49.2 Å². The van der Waals surface area contributed by atoms with Crippen LogP contribution in [0.15, 0.2) is 42.6 Å². The molecule has 0 amide bonds. The van der Waals surface area contributed by atoms with E-state index in [0.717, 1.165) is 35.7 Å². The van der Waals surface area contributed by atoms with E-state index in [9.17, 15) is 0 Å². The molecule has 114 valence electrons. The summed E-state index contributed by atoms with van der Waals surface area (Å²) in [6.07, 6.45) is 2.55. The Kier molecular flexibility index (Phi) is 4.34. The Morgan fingerprint density at radius 2 is 1.91 bits per heavy atom. The highest BCUT2D eigenvalue weighted by Crippen LogP contribution is 2.18. The summed E-state index contributed by atoms with van der Waals surface area (Å²) < 4.78 is 12.5. The number of hydrogen-bond acceptors (Lipinski definition) is 4. The highest BCUT2D eigenvalue weighted by molar-refractivity contribution is 5.71. The van der Waals surface area contributed by atoms with Crippen molar-refractivity contribution in [3.8, 4) is 5.75 Å². The highest BCUT2D eigenvalue weighted by atomic mass is 16.5. The van der Waals surface area contributed by atoms with Crippen LogP contribution in [-0.2, 0) is 17.7 Å². The fourth-order valence-corrected chi connectivity index (χ4v) is 2.48. The minimum atomic E-state index is 0.637. The molecule has 0 aliphatic heterocycles. The van der Waals surface area contributed by atoms with Crippen LogP contribution in [-0.4, -0.2) is 35.4 Å². The third-order valence-corrected chi connectivity index (χ3v) is 3.62. The quantitative estimate of drug-likeness (QED) is 0.702. The molecule has 0 fully saturated rings. The van der Waals surface area contributed by atoms with Crippen molar-refractivity contribution in [1.29, 1.82) is 0 Å². The summed E-state index contributed by atoms with van der Waals surface area (Å²) in [5.41, 5.74) is 3.01. The van der Waals surface area contributed by atoms with Crippen molar-refractivity contribution in [2.75, 3.05) is 20.8 Å². The first-order chi connectivity index (χ1) is 10.8. The van der Waals surface area contributed by atoms with Gasteiger partial charge >= 0.3 is 0 Å². The zero-order valence-electron chi connectivity index (χ0n) is 12.8. The maximum atomic E-state index is 5.21. The maximum Gasteiger partial charge on any atom is 0.160 e. The van der Waals surface area contributed by atoms with Crippen LogP contribution in [0, 0.1) is 0 Å². The van der Waals surface area contributed by atoms with Crippen molar-refractivity contribution in [1.82, 2.24) is 14.5 Å². The van der Waals surface area contributed by atoms with Crippen LogP contribution in [0.5, 0.6) is 5.75 Å². The number of nitrogens with zero attached hydrogens (tertiary/aromatic N) is 3. The number of ether oxygens (including phenoxy) is 2. The lowest BCUT2D eigenvalue weighted by atomic mass is 10.1. The predicted octanol–water partition coefficient (Wildman–Crippen LogP) is 2.68. The van der Waals surface area contributed by atoms with E-state index in [2.05, 4.69) is 21.7 Å². The molecule has 0 aliphatic rings. The Bertz CT molecular complexity index is 750. The van der Waals surface area contributed by atoms with E-state index in [4.69, 9.17) is 14.5 Å². The Hall–Kier alpha value is -2.40. The zero-order chi connectivity index (χ0) is 15.4. The molecule has 0 atom stereocenters. The molecule has 0 spiro atoms. The van der Waals surface area contributed by atoms with Crippen LogP contribution in [0.4, 0.5) is 0 Å². The van der Waals surface area contributed by atoms with Crippen molar-refractivity contribution >= 4 is 11.2 Å². The van der Waals surface area contributed by atoms with E-state index in [1.54, 1.807) is 20.4 Å². The summed E-state index contributed by atoms with van der Waals surface area (Å²) in [5.74, 6) is 1.86. The molecule has 22 heavy (non-hydrogen) atoms. The summed E-state index contributed by atoms with van der Waals surface area (Å²) in [7, 11) is 3.38. The number of rotatable bonds is 6. The lowest BCUT2D eigenvalue weighted by molar-refractivity contribution is 0.187. The first-order valence-electron chi connectivity index (χ1n) is 7.24. The van der Waals surface area contributed by atoms with Gasteiger partial charge < -0.3 is 14.0 Å². The lowest BCUT2D eigenvalue weighted by Gasteiger charge is -2.08. The number of pyridine rings is 1. The average molecular weight is 297 g/mol. The second-order valence-electron chi connectivity index (χ2n) is 5.04. The fourth-order valence-electron chi connectivity index (χ4n) is 2.48. The molecule has 0 aliphatic carbocycles. The van der Waals surface area contributed by atoms with Crippen molar-refractivity contribution in [3.63, 3.8) is 0 Å². The van der Waals surface area contributed by atoms with E-state index in [1.165, 1.54) is 5.56 Å². The number of fused-ring (bicyclic) bond motifs is 1. The normalized spacial score (nSPS) is 11.0. The van der Waals surface area contributed by atoms with Gasteiger partial charge in [0, 0.05) is 26.3 Å². The molecular weight excluding hydrogens is 278 g/mol. The smallest absolute Gasteiger partial charge is 0.160 e. The van der Waals surface area contributed by atoms with Gasteiger partial charge in [-0.3, -0.25) is 0 Å². The molecule has 3 aromatic rings. The van der Waals surface area contributed by atoms with E-state index in [1.807, 2.05) is 24.3 Å².